The topological polar surface area (TPSA) is 0 Å². The van der Waals surface area contributed by atoms with E-state index in [0.717, 1.165) is 9.79 Å². The molecular weight excluding hydrogens is 318 g/mol. The van der Waals surface area contributed by atoms with Gasteiger partial charge in [-0.15, -0.1) is 0 Å². The summed E-state index contributed by atoms with van der Waals surface area (Å²) in [6.07, 6.45) is 0. The van der Waals surface area contributed by atoms with Crippen molar-refractivity contribution < 1.29 is 0 Å². The number of hydrogen-bond donors (Lipinski definition) is 0. The van der Waals surface area contributed by atoms with E-state index < -0.39 is 0 Å². The lowest BCUT2D eigenvalue weighted by Crippen LogP contribution is -1.80. The number of benzene rings is 2. The molecule has 0 aliphatic heterocycles. The Kier molecular flexibility index (Phi) is 4.51. The van der Waals surface area contributed by atoms with Crippen LogP contribution in [0.15, 0.2) is 46.2 Å². The highest BCUT2D eigenvalue weighted by Crippen LogP contribution is 2.43. The lowest BCUT2D eigenvalue weighted by atomic mass is 10.3. The Bertz CT molecular complexity index is 540. The first-order valence-corrected chi connectivity index (χ1v) is 6.98. The fourth-order valence-corrected chi connectivity index (χ4v) is 3.20. The third-order valence-corrected chi connectivity index (χ3v) is 4.95. The van der Waals surface area contributed by atoms with Crippen molar-refractivity contribution in [2.75, 3.05) is 0 Å². The van der Waals surface area contributed by atoms with Gasteiger partial charge < -0.3 is 0 Å². The van der Waals surface area contributed by atoms with Crippen LogP contribution in [0.2, 0.25) is 20.1 Å². The molecule has 0 heterocycles. The molecule has 0 aliphatic carbocycles. The standard InChI is InChI=1S/C12H6Cl4S/c13-8-6-9(11(15)12(16)10(8)14)17-7-4-2-1-3-5-7/h1-6H. The van der Waals surface area contributed by atoms with Crippen molar-refractivity contribution >= 4 is 58.2 Å². The first-order chi connectivity index (χ1) is 8.09. The van der Waals surface area contributed by atoms with Crippen molar-refractivity contribution in [1.29, 1.82) is 0 Å². The lowest BCUT2D eigenvalue weighted by molar-refractivity contribution is 1.41. The fraction of sp³-hybridized carbons (Fsp3) is 0. The number of rotatable bonds is 2. The molecule has 88 valence electrons. The molecule has 2 aromatic rings. The van der Waals surface area contributed by atoms with E-state index in [2.05, 4.69) is 0 Å². The zero-order valence-corrected chi connectivity index (χ0v) is 12.2. The monoisotopic (exact) mass is 322 g/mol. The van der Waals surface area contributed by atoms with Crippen LogP contribution in [-0.2, 0) is 0 Å². The van der Waals surface area contributed by atoms with Gasteiger partial charge in [-0.2, -0.15) is 0 Å². The molecule has 0 amide bonds. The molecule has 0 N–H and O–H groups in total. The van der Waals surface area contributed by atoms with Gasteiger partial charge in [-0.25, -0.2) is 0 Å². The molecule has 0 fully saturated rings. The van der Waals surface area contributed by atoms with E-state index in [-0.39, 0.29) is 5.02 Å². The molecule has 0 spiro atoms. The van der Waals surface area contributed by atoms with E-state index >= 15 is 0 Å². The average molecular weight is 324 g/mol. The maximum absolute atomic E-state index is 6.12. The molecule has 0 aromatic heterocycles. The van der Waals surface area contributed by atoms with Crippen LogP contribution in [0.1, 0.15) is 0 Å². The van der Waals surface area contributed by atoms with Crippen LogP contribution >= 0.6 is 58.2 Å². The van der Waals surface area contributed by atoms with Gasteiger partial charge in [0.25, 0.3) is 0 Å². The minimum Gasteiger partial charge on any atom is -0.0884 e. The smallest absolute Gasteiger partial charge is 0.0805 e. The Balaban J connectivity index is 2.41. The van der Waals surface area contributed by atoms with Crippen molar-refractivity contribution in [1.82, 2.24) is 0 Å². The molecular formula is C12H6Cl4S. The molecule has 0 saturated carbocycles. The second-order valence-corrected chi connectivity index (χ2v) is 5.87. The molecule has 0 radical (unpaired) electrons. The van der Waals surface area contributed by atoms with Crippen LogP contribution in [0.5, 0.6) is 0 Å². The molecule has 0 unspecified atom stereocenters. The molecule has 2 aromatic carbocycles. The van der Waals surface area contributed by atoms with E-state index in [1.807, 2.05) is 30.3 Å². The third-order valence-electron chi connectivity index (χ3n) is 2.04. The Morgan fingerprint density at radius 3 is 2.06 bits per heavy atom. The fourth-order valence-electron chi connectivity index (χ4n) is 1.24. The van der Waals surface area contributed by atoms with Gasteiger partial charge in [0, 0.05) is 9.79 Å². The average Bonchev–Trinajstić information content (AvgIpc) is 2.35. The first kappa shape index (κ1) is 13.4. The minimum absolute atomic E-state index is 0.288. The van der Waals surface area contributed by atoms with Crippen molar-refractivity contribution in [3.8, 4) is 0 Å². The molecule has 5 heteroatoms. The summed E-state index contributed by atoms with van der Waals surface area (Å²) in [7, 11) is 0. The Hall–Kier alpha value is -0.0500. The number of hydrogen-bond acceptors (Lipinski definition) is 1. The van der Waals surface area contributed by atoms with Crippen LogP contribution in [0.3, 0.4) is 0 Å². The summed E-state index contributed by atoms with van der Waals surface area (Å²) in [6.45, 7) is 0. The Labute approximate surface area is 124 Å². The van der Waals surface area contributed by atoms with Crippen LogP contribution < -0.4 is 0 Å². The van der Waals surface area contributed by atoms with Crippen molar-refractivity contribution in [3.05, 3.63) is 56.5 Å². The van der Waals surface area contributed by atoms with Gasteiger partial charge in [0.05, 0.1) is 20.1 Å². The van der Waals surface area contributed by atoms with Crippen LogP contribution in [0.25, 0.3) is 0 Å². The van der Waals surface area contributed by atoms with Crippen molar-refractivity contribution in [3.63, 3.8) is 0 Å². The van der Waals surface area contributed by atoms with E-state index in [4.69, 9.17) is 46.4 Å². The zero-order chi connectivity index (χ0) is 12.4. The van der Waals surface area contributed by atoms with Gasteiger partial charge in [-0.3, -0.25) is 0 Å². The zero-order valence-electron chi connectivity index (χ0n) is 8.38. The molecule has 0 bridgehead atoms. The summed E-state index contributed by atoms with van der Waals surface area (Å²) in [5.41, 5.74) is 0. The van der Waals surface area contributed by atoms with Gasteiger partial charge in [0.2, 0.25) is 0 Å². The minimum atomic E-state index is 0.288. The van der Waals surface area contributed by atoms with Crippen molar-refractivity contribution in [2.24, 2.45) is 0 Å². The highest BCUT2D eigenvalue weighted by Gasteiger charge is 2.13. The molecule has 0 aliphatic rings. The van der Waals surface area contributed by atoms with E-state index in [1.54, 1.807) is 6.07 Å². The van der Waals surface area contributed by atoms with Gasteiger partial charge >= 0.3 is 0 Å². The molecule has 0 nitrogen and oxygen atoms in total. The van der Waals surface area contributed by atoms with E-state index in [9.17, 15) is 0 Å². The molecule has 2 rings (SSSR count). The maximum Gasteiger partial charge on any atom is 0.0805 e. The molecule has 0 atom stereocenters. The summed E-state index contributed by atoms with van der Waals surface area (Å²) in [5.74, 6) is 0. The quantitative estimate of drug-likeness (QED) is 0.452. The first-order valence-electron chi connectivity index (χ1n) is 4.65. The summed E-state index contributed by atoms with van der Waals surface area (Å²) in [6, 6.07) is 11.5. The lowest BCUT2D eigenvalue weighted by Gasteiger charge is -2.08. The van der Waals surface area contributed by atoms with Gasteiger partial charge in [0.15, 0.2) is 0 Å². The second kappa shape index (κ2) is 5.73. The Morgan fingerprint density at radius 1 is 0.765 bits per heavy atom. The highest BCUT2D eigenvalue weighted by atomic mass is 35.5. The highest BCUT2D eigenvalue weighted by molar-refractivity contribution is 7.99. The largest absolute Gasteiger partial charge is 0.0884 e. The molecule has 0 saturated heterocycles. The second-order valence-electron chi connectivity index (χ2n) is 3.21. The van der Waals surface area contributed by atoms with Crippen LogP contribution in [-0.4, -0.2) is 0 Å². The van der Waals surface area contributed by atoms with Gasteiger partial charge in [0.1, 0.15) is 0 Å². The Morgan fingerprint density at radius 2 is 1.41 bits per heavy atom. The molecule has 17 heavy (non-hydrogen) atoms. The summed E-state index contributed by atoms with van der Waals surface area (Å²) in [4.78, 5) is 1.85. The predicted molar refractivity (Wildman–Crippen MR) is 77.0 cm³/mol. The van der Waals surface area contributed by atoms with Crippen LogP contribution in [0, 0.1) is 0 Å². The summed E-state index contributed by atoms with van der Waals surface area (Å²) < 4.78 is 0. The summed E-state index contributed by atoms with van der Waals surface area (Å²) >= 11 is 25.5. The third kappa shape index (κ3) is 3.04. The maximum atomic E-state index is 6.12. The van der Waals surface area contributed by atoms with E-state index in [1.165, 1.54) is 11.8 Å². The SMILES string of the molecule is Clc1cc(Sc2ccccc2)c(Cl)c(Cl)c1Cl. The summed E-state index contributed by atoms with van der Waals surface area (Å²) in [5, 5.41) is 1.41. The van der Waals surface area contributed by atoms with Crippen molar-refractivity contribution in [2.45, 2.75) is 9.79 Å². The number of halogens is 4. The van der Waals surface area contributed by atoms with E-state index in [0.29, 0.717) is 15.1 Å². The normalized spacial score (nSPS) is 10.6. The van der Waals surface area contributed by atoms with Gasteiger partial charge in [-0.05, 0) is 18.2 Å². The van der Waals surface area contributed by atoms with Crippen LogP contribution in [0.4, 0.5) is 0 Å². The predicted octanol–water partition coefficient (Wildman–Crippen LogP) is 6.45. The van der Waals surface area contributed by atoms with Gasteiger partial charge in [-0.1, -0.05) is 76.4 Å².